The van der Waals surface area contributed by atoms with Crippen molar-refractivity contribution in [1.29, 1.82) is 0 Å². The van der Waals surface area contributed by atoms with E-state index >= 15 is 0 Å². The van der Waals surface area contributed by atoms with E-state index in [1.165, 1.54) is 0 Å². The first-order valence-corrected chi connectivity index (χ1v) is 5.20. The van der Waals surface area contributed by atoms with Crippen molar-refractivity contribution < 1.29 is 9.53 Å². The van der Waals surface area contributed by atoms with Gasteiger partial charge < -0.3 is 4.74 Å². The van der Waals surface area contributed by atoms with Gasteiger partial charge in [-0.3, -0.25) is 4.79 Å². The normalized spacial score (nSPS) is 15.9. The molecule has 70 valence electrons. The zero-order chi connectivity index (χ0) is 9.54. The van der Waals surface area contributed by atoms with E-state index in [0.29, 0.717) is 6.61 Å². The van der Waals surface area contributed by atoms with Gasteiger partial charge in [0.1, 0.15) is 6.61 Å². The number of rotatable bonds is 0. The van der Waals surface area contributed by atoms with E-state index in [9.17, 15) is 4.79 Å². The van der Waals surface area contributed by atoms with Crippen molar-refractivity contribution in [1.82, 2.24) is 4.98 Å². The van der Waals surface area contributed by atoms with E-state index in [0.717, 1.165) is 21.5 Å². The summed E-state index contributed by atoms with van der Waals surface area (Å²) in [6.07, 6.45) is 0. The number of fused-ring (bicyclic) bond motifs is 2. The van der Waals surface area contributed by atoms with Gasteiger partial charge in [0, 0.05) is 5.56 Å². The molecule has 3 nitrogen and oxygen atoms in total. The van der Waals surface area contributed by atoms with E-state index in [-0.39, 0.29) is 12.4 Å². The summed E-state index contributed by atoms with van der Waals surface area (Å²) in [5.41, 5.74) is 2.45. The lowest BCUT2D eigenvalue weighted by Crippen LogP contribution is -2.19. The molecule has 0 bridgehead atoms. The van der Waals surface area contributed by atoms with E-state index in [2.05, 4.69) is 4.98 Å². The second-order valence-corrected chi connectivity index (χ2v) is 4.15. The number of pyridine rings is 1. The number of Topliss-reactive ketones (excluding diaryl/α,β-unsaturated/α-hetero) is 1. The molecule has 0 aromatic carbocycles. The minimum absolute atomic E-state index is 0.0362. The predicted octanol–water partition coefficient (Wildman–Crippen LogP) is 2.01. The molecular weight excluding hydrogens is 198 g/mol. The molecular formula is C10H7NO2S. The molecule has 0 fully saturated rings. The minimum atomic E-state index is 0.0362. The fourth-order valence-electron chi connectivity index (χ4n) is 1.60. The Balaban J connectivity index is 2.32. The van der Waals surface area contributed by atoms with E-state index in [1.807, 2.05) is 17.5 Å². The number of aromatic nitrogens is 1. The van der Waals surface area contributed by atoms with Gasteiger partial charge in [-0.2, -0.15) is 0 Å². The highest BCUT2D eigenvalue weighted by molar-refractivity contribution is 7.17. The van der Waals surface area contributed by atoms with Gasteiger partial charge in [0.15, 0.2) is 5.78 Å². The number of carbonyl (C=O) groups excluding carboxylic acids is 1. The van der Waals surface area contributed by atoms with Crippen LogP contribution in [0.4, 0.5) is 0 Å². The number of hydrogen-bond donors (Lipinski definition) is 0. The molecule has 4 heteroatoms. The van der Waals surface area contributed by atoms with Gasteiger partial charge in [-0.1, -0.05) is 0 Å². The Morgan fingerprint density at radius 2 is 2.36 bits per heavy atom. The molecule has 0 amide bonds. The molecule has 14 heavy (non-hydrogen) atoms. The van der Waals surface area contributed by atoms with Crippen molar-refractivity contribution in [2.45, 2.75) is 6.61 Å². The molecule has 0 radical (unpaired) electrons. The summed E-state index contributed by atoms with van der Waals surface area (Å²) < 4.78 is 6.19. The Morgan fingerprint density at radius 1 is 1.43 bits per heavy atom. The van der Waals surface area contributed by atoms with Crippen molar-refractivity contribution in [3.8, 4) is 0 Å². The third-order valence-corrected chi connectivity index (χ3v) is 3.14. The van der Waals surface area contributed by atoms with Gasteiger partial charge in [-0.25, -0.2) is 4.98 Å². The standard InChI is InChI=1S/C10H7NO2S/c12-9-5-13-4-8-6(9)3-10-7(11-8)1-2-14-10/h1-3H,4-5H2. The molecule has 0 saturated heterocycles. The third-order valence-electron chi connectivity index (χ3n) is 2.29. The van der Waals surface area contributed by atoms with Crippen LogP contribution in [0.2, 0.25) is 0 Å². The van der Waals surface area contributed by atoms with Crippen LogP contribution in [0.5, 0.6) is 0 Å². The Labute approximate surface area is 84.3 Å². The predicted molar refractivity (Wildman–Crippen MR) is 53.6 cm³/mol. The fraction of sp³-hybridized carbons (Fsp3) is 0.200. The Morgan fingerprint density at radius 3 is 3.29 bits per heavy atom. The van der Waals surface area contributed by atoms with Crippen molar-refractivity contribution in [3.05, 3.63) is 28.8 Å². The molecule has 3 heterocycles. The van der Waals surface area contributed by atoms with E-state index < -0.39 is 0 Å². The van der Waals surface area contributed by atoms with Crippen molar-refractivity contribution in [3.63, 3.8) is 0 Å². The van der Waals surface area contributed by atoms with Crippen LogP contribution < -0.4 is 0 Å². The highest BCUT2D eigenvalue weighted by Crippen LogP contribution is 2.24. The van der Waals surface area contributed by atoms with Crippen LogP contribution in [0.1, 0.15) is 16.1 Å². The van der Waals surface area contributed by atoms with Crippen LogP contribution in [-0.4, -0.2) is 17.4 Å². The summed E-state index contributed by atoms with van der Waals surface area (Å²) in [6, 6.07) is 3.88. The Hall–Kier alpha value is -1.26. The molecule has 3 rings (SSSR count). The van der Waals surface area contributed by atoms with Crippen LogP contribution in [0.3, 0.4) is 0 Å². The van der Waals surface area contributed by atoms with Crippen molar-refractivity contribution in [2.75, 3.05) is 6.61 Å². The molecule has 2 aromatic rings. The van der Waals surface area contributed by atoms with Gasteiger partial charge in [-0.15, -0.1) is 11.3 Å². The lowest BCUT2D eigenvalue weighted by Gasteiger charge is -2.13. The number of ketones is 1. The molecule has 1 aliphatic heterocycles. The topological polar surface area (TPSA) is 39.2 Å². The van der Waals surface area contributed by atoms with Gasteiger partial charge in [0.25, 0.3) is 0 Å². The van der Waals surface area contributed by atoms with Crippen LogP contribution in [0.25, 0.3) is 10.2 Å². The number of thiophene rings is 1. The SMILES string of the molecule is O=C1COCc2nc3ccsc3cc21. The maximum atomic E-state index is 11.5. The van der Waals surface area contributed by atoms with Crippen LogP contribution >= 0.6 is 11.3 Å². The van der Waals surface area contributed by atoms with Crippen LogP contribution in [0, 0.1) is 0 Å². The van der Waals surface area contributed by atoms with Gasteiger partial charge >= 0.3 is 0 Å². The average molecular weight is 205 g/mol. The second kappa shape index (κ2) is 2.87. The minimum Gasteiger partial charge on any atom is -0.367 e. The summed E-state index contributed by atoms with van der Waals surface area (Å²) in [5, 5.41) is 1.98. The molecule has 0 unspecified atom stereocenters. The average Bonchev–Trinajstić information content (AvgIpc) is 2.62. The number of ether oxygens (including phenoxy) is 1. The fourth-order valence-corrected chi connectivity index (χ4v) is 2.37. The van der Waals surface area contributed by atoms with Gasteiger partial charge in [0.05, 0.1) is 22.5 Å². The maximum Gasteiger partial charge on any atom is 0.190 e. The molecule has 0 spiro atoms. The molecule has 2 aromatic heterocycles. The lowest BCUT2D eigenvalue weighted by atomic mass is 10.1. The zero-order valence-electron chi connectivity index (χ0n) is 7.32. The highest BCUT2D eigenvalue weighted by atomic mass is 32.1. The zero-order valence-corrected chi connectivity index (χ0v) is 8.13. The largest absolute Gasteiger partial charge is 0.367 e. The smallest absolute Gasteiger partial charge is 0.190 e. The van der Waals surface area contributed by atoms with E-state index in [4.69, 9.17) is 4.74 Å². The molecule has 0 saturated carbocycles. The van der Waals surface area contributed by atoms with Gasteiger partial charge in [0.2, 0.25) is 0 Å². The lowest BCUT2D eigenvalue weighted by molar-refractivity contribution is 0.0656. The number of nitrogens with zero attached hydrogens (tertiary/aromatic N) is 1. The third kappa shape index (κ3) is 1.08. The maximum absolute atomic E-state index is 11.5. The van der Waals surface area contributed by atoms with E-state index in [1.54, 1.807) is 11.3 Å². The number of hydrogen-bond acceptors (Lipinski definition) is 4. The summed E-state index contributed by atoms with van der Waals surface area (Å²) >= 11 is 1.61. The first-order valence-electron chi connectivity index (χ1n) is 4.32. The molecule has 0 aliphatic carbocycles. The monoisotopic (exact) mass is 205 g/mol. The van der Waals surface area contributed by atoms with Crippen molar-refractivity contribution >= 4 is 27.3 Å². The first kappa shape index (κ1) is 8.08. The van der Waals surface area contributed by atoms with Crippen LogP contribution in [0.15, 0.2) is 17.5 Å². The summed E-state index contributed by atoms with van der Waals surface area (Å²) in [5.74, 6) is 0.0362. The summed E-state index contributed by atoms with van der Waals surface area (Å²) in [7, 11) is 0. The second-order valence-electron chi connectivity index (χ2n) is 3.20. The summed E-state index contributed by atoms with van der Waals surface area (Å²) in [6.45, 7) is 0.637. The molecule has 0 N–H and O–H groups in total. The molecule has 0 atom stereocenters. The quantitative estimate of drug-likeness (QED) is 0.660. The first-order chi connectivity index (χ1) is 6.84. The summed E-state index contributed by atoms with van der Waals surface area (Å²) in [4.78, 5) is 15.9. The van der Waals surface area contributed by atoms with Crippen LogP contribution in [-0.2, 0) is 11.3 Å². The highest BCUT2D eigenvalue weighted by Gasteiger charge is 2.19. The van der Waals surface area contributed by atoms with Crippen molar-refractivity contribution in [2.24, 2.45) is 0 Å². The van der Waals surface area contributed by atoms with Gasteiger partial charge in [-0.05, 0) is 17.5 Å². The Kier molecular flexibility index (Phi) is 1.65. The molecule has 1 aliphatic rings. The Bertz CT molecular complexity index is 518. The number of carbonyl (C=O) groups is 1.